The fourth-order valence-electron chi connectivity index (χ4n) is 3.08. The molecule has 0 radical (unpaired) electrons. The Morgan fingerprint density at radius 3 is 2.33 bits per heavy atom. The van der Waals surface area contributed by atoms with E-state index < -0.39 is 0 Å². The van der Waals surface area contributed by atoms with Gasteiger partial charge in [0.1, 0.15) is 11.6 Å². The molecule has 120 valence electrons. The highest BCUT2D eigenvalue weighted by atomic mass is 16.1. The van der Waals surface area contributed by atoms with E-state index in [1.807, 2.05) is 36.4 Å². The van der Waals surface area contributed by atoms with E-state index in [4.69, 9.17) is 0 Å². The molecule has 1 aliphatic heterocycles. The van der Waals surface area contributed by atoms with Crippen LogP contribution in [0.2, 0.25) is 0 Å². The van der Waals surface area contributed by atoms with Crippen LogP contribution in [-0.2, 0) is 0 Å². The maximum Gasteiger partial charge on any atom is 0.203 e. The normalized spacial score (nSPS) is 15.0. The lowest BCUT2D eigenvalue weighted by Crippen LogP contribution is -2.29. The van der Waals surface area contributed by atoms with Gasteiger partial charge in [-0.15, -0.1) is 0 Å². The molecule has 1 heterocycles. The van der Waals surface area contributed by atoms with Crippen LogP contribution in [0.5, 0.6) is 0 Å². The first-order chi connectivity index (χ1) is 11.8. The predicted molar refractivity (Wildman–Crippen MR) is 96.9 cm³/mol. The van der Waals surface area contributed by atoms with Gasteiger partial charge < -0.3 is 4.90 Å². The third-order valence-electron chi connectivity index (χ3n) is 4.33. The molecule has 24 heavy (non-hydrogen) atoms. The van der Waals surface area contributed by atoms with Gasteiger partial charge >= 0.3 is 0 Å². The quantitative estimate of drug-likeness (QED) is 0.475. The SMILES string of the molecule is N#CC(=Cc1ccccc1N1CCCCC1)C(=O)c1ccccc1. The number of nitrogens with zero attached hydrogens (tertiary/aromatic N) is 2. The fraction of sp³-hybridized carbons (Fsp3) is 0.238. The number of allylic oxidation sites excluding steroid dienone is 1. The van der Waals surface area contributed by atoms with Crippen molar-refractivity contribution in [2.45, 2.75) is 19.3 Å². The first kappa shape index (κ1) is 16.0. The zero-order valence-electron chi connectivity index (χ0n) is 13.6. The van der Waals surface area contributed by atoms with E-state index in [-0.39, 0.29) is 11.4 Å². The molecule has 0 bridgehead atoms. The molecule has 2 aromatic rings. The van der Waals surface area contributed by atoms with Crippen LogP contribution < -0.4 is 4.90 Å². The van der Waals surface area contributed by atoms with Crippen LogP contribution in [0.4, 0.5) is 5.69 Å². The van der Waals surface area contributed by atoms with Crippen molar-refractivity contribution in [3.63, 3.8) is 0 Å². The molecule has 2 aromatic carbocycles. The Labute approximate surface area is 142 Å². The second-order valence-corrected chi connectivity index (χ2v) is 5.97. The van der Waals surface area contributed by atoms with Crippen molar-refractivity contribution in [3.05, 3.63) is 71.3 Å². The van der Waals surface area contributed by atoms with Crippen LogP contribution in [-0.4, -0.2) is 18.9 Å². The van der Waals surface area contributed by atoms with Gasteiger partial charge in [0.25, 0.3) is 0 Å². The minimum atomic E-state index is -0.230. The minimum absolute atomic E-state index is 0.172. The maximum atomic E-state index is 12.6. The molecule has 1 aliphatic rings. The van der Waals surface area contributed by atoms with Gasteiger partial charge in [0, 0.05) is 24.3 Å². The number of benzene rings is 2. The van der Waals surface area contributed by atoms with Gasteiger partial charge in [0.05, 0.1) is 0 Å². The molecule has 3 rings (SSSR count). The number of carbonyl (C=O) groups is 1. The zero-order valence-corrected chi connectivity index (χ0v) is 13.6. The smallest absolute Gasteiger partial charge is 0.203 e. The molecule has 0 spiro atoms. The van der Waals surface area contributed by atoms with Crippen molar-refractivity contribution in [1.29, 1.82) is 5.26 Å². The minimum Gasteiger partial charge on any atom is -0.371 e. The molecule has 3 nitrogen and oxygen atoms in total. The standard InChI is InChI=1S/C21H20N2O/c22-16-19(21(24)17-9-3-1-4-10-17)15-18-11-5-6-12-20(18)23-13-7-2-8-14-23/h1,3-6,9-12,15H,2,7-8,13-14H2. The molecule has 0 aromatic heterocycles. The lowest BCUT2D eigenvalue weighted by molar-refractivity contribution is 0.104. The first-order valence-corrected chi connectivity index (χ1v) is 8.35. The van der Waals surface area contributed by atoms with Crippen molar-refractivity contribution < 1.29 is 4.79 Å². The molecule has 0 aliphatic carbocycles. The van der Waals surface area contributed by atoms with Gasteiger partial charge in [-0.1, -0.05) is 48.5 Å². The summed E-state index contributed by atoms with van der Waals surface area (Å²) in [5, 5.41) is 9.47. The van der Waals surface area contributed by atoms with Gasteiger partial charge in [0.15, 0.2) is 0 Å². The number of anilines is 1. The van der Waals surface area contributed by atoms with Crippen molar-refractivity contribution in [2.24, 2.45) is 0 Å². The lowest BCUT2D eigenvalue weighted by Gasteiger charge is -2.30. The van der Waals surface area contributed by atoms with E-state index in [9.17, 15) is 10.1 Å². The Bertz CT molecular complexity index is 781. The van der Waals surface area contributed by atoms with Gasteiger partial charge in [-0.3, -0.25) is 4.79 Å². The van der Waals surface area contributed by atoms with Crippen molar-refractivity contribution in [1.82, 2.24) is 0 Å². The molecular weight excluding hydrogens is 296 g/mol. The molecule has 0 N–H and O–H groups in total. The fourth-order valence-corrected chi connectivity index (χ4v) is 3.08. The molecule has 0 amide bonds. The van der Waals surface area contributed by atoms with Crippen LogP contribution in [0.3, 0.4) is 0 Å². The molecular formula is C21H20N2O. The number of nitriles is 1. The summed E-state index contributed by atoms with van der Waals surface area (Å²) in [5.41, 5.74) is 2.75. The Morgan fingerprint density at radius 2 is 1.62 bits per heavy atom. The van der Waals surface area contributed by atoms with Crippen LogP contribution in [0.15, 0.2) is 60.2 Å². The Balaban J connectivity index is 1.94. The number of hydrogen-bond donors (Lipinski definition) is 0. The molecule has 0 unspecified atom stereocenters. The lowest BCUT2D eigenvalue weighted by atomic mass is 10.0. The number of hydrogen-bond acceptors (Lipinski definition) is 3. The third-order valence-corrected chi connectivity index (χ3v) is 4.33. The van der Waals surface area contributed by atoms with Crippen LogP contribution in [0.25, 0.3) is 6.08 Å². The van der Waals surface area contributed by atoms with E-state index in [1.165, 1.54) is 19.3 Å². The van der Waals surface area contributed by atoms with Crippen molar-refractivity contribution in [3.8, 4) is 6.07 Å². The Kier molecular flexibility index (Phi) is 5.08. The zero-order chi connectivity index (χ0) is 16.8. The average molecular weight is 316 g/mol. The summed E-state index contributed by atoms with van der Waals surface area (Å²) >= 11 is 0. The largest absolute Gasteiger partial charge is 0.371 e. The monoisotopic (exact) mass is 316 g/mol. The van der Waals surface area contributed by atoms with Gasteiger partial charge in [-0.05, 0) is 37.0 Å². The first-order valence-electron chi connectivity index (χ1n) is 8.35. The number of para-hydroxylation sites is 1. The number of ketones is 1. The van der Waals surface area contributed by atoms with Gasteiger partial charge in [-0.25, -0.2) is 0 Å². The maximum absolute atomic E-state index is 12.6. The summed E-state index contributed by atoms with van der Waals surface area (Å²) < 4.78 is 0. The summed E-state index contributed by atoms with van der Waals surface area (Å²) in [7, 11) is 0. The molecule has 0 saturated carbocycles. The van der Waals surface area contributed by atoms with Gasteiger partial charge in [-0.2, -0.15) is 5.26 Å². The van der Waals surface area contributed by atoms with Crippen molar-refractivity contribution >= 4 is 17.5 Å². The number of Topliss-reactive ketones (excluding diaryl/α,β-unsaturated/α-hetero) is 1. The Morgan fingerprint density at radius 1 is 0.958 bits per heavy atom. The highest BCUT2D eigenvalue weighted by molar-refractivity contribution is 6.14. The molecule has 3 heteroatoms. The van der Waals surface area contributed by atoms with E-state index in [0.29, 0.717) is 5.56 Å². The van der Waals surface area contributed by atoms with E-state index in [2.05, 4.69) is 17.0 Å². The van der Waals surface area contributed by atoms with Crippen LogP contribution in [0.1, 0.15) is 35.2 Å². The van der Waals surface area contributed by atoms with Crippen molar-refractivity contribution in [2.75, 3.05) is 18.0 Å². The van der Waals surface area contributed by atoms with E-state index in [1.54, 1.807) is 18.2 Å². The summed E-state index contributed by atoms with van der Waals surface area (Å²) in [6.45, 7) is 2.05. The van der Waals surface area contributed by atoms with E-state index in [0.717, 1.165) is 24.3 Å². The third kappa shape index (κ3) is 3.55. The summed E-state index contributed by atoms with van der Waals surface area (Å²) in [5.74, 6) is -0.230. The summed E-state index contributed by atoms with van der Waals surface area (Å²) in [6, 6.07) is 19.0. The highest BCUT2D eigenvalue weighted by Crippen LogP contribution is 2.26. The summed E-state index contributed by atoms with van der Waals surface area (Å²) in [4.78, 5) is 14.9. The van der Waals surface area contributed by atoms with Crippen LogP contribution >= 0.6 is 0 Å². The number of piperidine rings is 1. The highest BCUT2D eigenvalue weighted by Gasteiger charge is 2.16. The Hall–Kier alpha value is -2.86. The number of carbonyl (C=O) groups excluding carboxylic acids is 1. The topological polar surface area (TPSA) is 44.1 Å². The second-order valence-electron chi connectivity index (χ2n) is 5.97. The van der Waals surface area contributed by atoms with E-state index >= 15 is 0 Å². The van der Waals surface area contributed by atoms with Gasteiger partial charge in [0.2, 0.25) is 5.78 Å². The summed E-state index contributed by atoms with van der Waals surface area (Å²) in [6.07, 6.45) is 5.36. The number of rotatable bonds is 4. The van der Waals surface area contributed by atoms with Crippen LogP contribution in [0, 0.1) is 11.3 Å². The predicted octanol–water partition coefficient (Wildman–Crippen LogP) is 4.47. The average Bonchev–Trinajstić information content (AvgIpc) is 2.67. The second kappa shape index (κ2) is 7.61. The molecule has 1 saturated heterocycles. The molecule has 0 atom stereocenters. The molecule has 1 fully saturated rings.